The van der Waals surface area contributed by atoms with Crippen molar-refractivity contribution in [2.45, 2.75) is 51.0 Å². The summed E-state index contributed by atoms with van der Waals surface area (Å²) in [5, 5.41) is 3.16. The molecule has 1 saturated carbocycles. The highest BCUT2D eigenvalue weighted by molar-refractivity contribution is 5.74. The molecule has 0 aromatic heterocycles. The van der Waals surface area contributed by atoms with E-state index in [1.807, 2.05) is 4.90 Å². The number of urea groups is 1. The number of hydrogen-bond donors (Lipinski definition) is 1. The number of piperidine rings is 1. The number of nitrogens with zero attached hydrogens (tertiary/aromatic N) is 1. The van der Waals surface area contributed by atoms with Gasteiger partial charge in [-0.15, -0.1) is 0 Å². The molecule has 1 aliphatic carbocycles. The Bertz CT molecular complexity index is 206. The van der Waals surface area contributed by atoms with Crippen molar-refractivity contribution in [3.8, 4) is 0 Å². The number of carbonyl (C=O) groups is 1. The van der Waals surface area contributed by atoms with E-state index in [9.17, 15) is 4.79 Å². The minimum absolute atomic E-state index is 0.162. The molecule has 1 heterocycles. The van der Waals surface area contributed by atoms with Gasteiger partial charge in [-0.3, -0.25) is 0 Å². The molecule has 0 aromatic carbocycles. The van der Waals surface area contributed by atoms with Gasteiger partial charge in [0.25, 0.3) is 0 Å². The summed E-state index contributed by atoms with van der Waals surface area (Å²) in [7, 11) is 0. The van der Waals surface area contributed by atoms with Crippen LogP contribution in [-0.4, -0.2) is 30.1 Å². The first-order chi connectivity index (χ1) is 7.36. The zero-order valence-electron chi connectivity index (χ0n) is 9.37. The second kappa shape index (κ2) is 5.38. The van der Waals surface area contributed by atoms with E-state index >= 15 is 0 Å². The van der Waals surface area contributed by atoms with Crippen molar-refractivity contribution in [3.05, 3.63) is 6.42 Å². The smallest absolute Gasteiger partial charge is 0.317 e. The Hall–Kier alpha value is -0.730. The number of amides is 2. The molecule has 85 valence electrons. The van der Waals surface area contributed by atoms with E-state index < -0.39 is 0 Å². The van der Waals surface area contributed by atoms with E-state index in [4.69, 9.17) is 0 Å². The van der Waals surface area contributed by atoms with E-state index in [1.165, 1.54) is 32.1 Å². The molecule has 2 aliphatic rings. The van der Waals surface area contributed by atoms with E-state index in [1.54, 1.807) is 0 Å². The number of likely N-dealkylation sites (tertiary alicyclic amines) is 1. The zero-order chi connectivity index (χ0) is 10.5. The molecule has 15 heavy (non-hydrogen) atoms. The van der Waals surface area contributed by atoms with Crippen LogP contribution in [-0.2, 0) is 0 Å². The maximum Gasteiger partial charge on any atom is 0.317 e. The van der Waals surface area contributed by atoms with Crippen molar-refractivity contribution < 1.29 is 4.79 Å². The van der Waals surface area contributed by atoms with Crippen molar-refractivity contribution >= 4 is 6.03 Å². The van der Waals surface area contributed by atoms with Crippen molar-refractivity contribution in [3.63, 3.8) is 0 Å². The summed E-state index contributed by atoms with van der Waals surface area (Å²) in [4.78, 5) is 13.8. The average molecular weight is 209 g/mol. The van der Waals surface area contributed by atoms with Gasteiger partial charge < -0.3 is 10.2 Å². The quantitative estimate of drug-likeness (QED) is 0.706. The van der Waals surface area contributed by atoms with Crippen LogP contribution in [0, 0.1) is 6.42 Å². The van der Waals surface area contributed by atoms with Crippen LogP contribution in [0.5, 0.6) is 0 Å². The van der Waals surface area contributed by atoms with Crippen LogP contribution in [0.1, 0.15) is 44.9 Å². The minimum Gasteiger partial charge on any atom is -0.335 e. The van der Waals surface area contributed by atoms with Gasteiger partial charge in [-0.1, -0.05) is 19.3 Å². The third-order valence-electron chi connectivity index (χ3n) is 3.43. The molecule has 0 bridgehead atoms. The summed E-state index contributed by atoms with van der Waals surface area (Å²) in [6.07, 6.45) is 10.6. The lowest BCUT2D eigenvalue weighted by Crippen LogP contribution is -2.47. The second-order valence-corrected chi connectivity index (χ2v) is 4.64. The Morgan fingerprint density at radius 2 is 1.80 bits per heavy atom. The Morgan fingerprint density at radius 3 is 2.47 bits per heavy atom. The van der Waals surface area contributed by atoms with Crippen LogP contribution in [0.15, 0.2) is 0 Å². The van der Waals surface area contributed by atoms with Crippen molar-refractivity contribution in [2.24, 2.45) is 0 Å². The van der Waals surface area contributed by atoms with Crippen LogP contribution in [0.25, 0.3) is 0 Å². The van der Waals surface area contributed by atoms with Gasteiger partial charge >= 0.3 is 6.03 Å². The number of nitrogens with one attached hydrogen (secondary N) is 1. The molecule has 2 fully saturated rings. The lowest BCUT2D eigenvalue weighted by molar-refractivity contribution is 0.185. The number of hydrogen-bond acceptors (Lipinski definition) is 1. The van der Waals surface area contributed by atoms with Crippen molar-refractivity contribution in [1.82, 2.24) is 10.2 Å². The van der Waals surface area contributed by atoms with Gasteiger partial charge in [-0.2, -0.15) is 0 Å². The topological polar surface area (TPSA) is 32.3 Å². The maximum absolute atomic E-state index is 11.9. The Labute approximate surface area is 92.2 Å². The highest BCUT2D eigenvalue weighted by Crippen LogP contribution is 2.18. The van der Waals surface area contributed by atoms with Crippen molar-refractivity contribution in [2.75, 3.05) is 13.1 Å². The summed E-state index contributed by atoms with van der Waals surface area (Å²) < 4.78 is 0. The first-order valence-electron chi connectivity index (χ1n) is 6.23. The summed E-state index contributed by atoms with van der Waals surface area (Å²) in [6.45, 7) is 1.80. The molecule has 1 N–H and O–H groups in total. The predicted molar refractivity (Wildman–Crippen MR) is 60.5 cm³/mol. The summed E-state index contributed by atoms with van der Waals surface area (Å²) in [6, 6.07) is 0.604. The van der Waals surface area contributed by atoms with Crippen LogP contribution in [0.2, 0.25) is 0 Å². The van der Waals surface area contributed by atoms with Crippen LogP contribution in [0.3, 0.4) is 0 Å². The monoisotopic (exact) mass is 209 g/mol. The number of carbonyl (C=O) groups excluding carboxylic acids is 1. The van der Waals surface area contributed by atoms with Gasteiger partial charge in [0.15, 0.2) is 0 Å². The SMILES string of the molecule is O=C(NC1CCCCC1)N1CC[CH]CC1. The molecule has 3 heteroatoms. The maximum atomic E-state index is 11.9. The second-order valence-electron chi connectivity index (χ2n) is 4.64. The molecule has 3 nitrogen and oxygen atoms in total. The third-order valence-corrected chi connectivity index (χ3v) is 3.43. The molecule has 0 atom stereocenters. The normalized spacial score (nSPS) is 23.9. The lowest BCUT2D eigenvalue weighted by Gasteiger charge is -2.30. The highest BCUT2D eigenvalue weighted by Gasteiger charge is 2.20. The Kier molecular flexibility index (Phi) is 3.87. The van der Waals surface area contributed by atoms with Crippen LogP contribution < -0.4 is 5.32 Å². The van der Waals surface area contributed by atoms with Gasteiger partial charge in [0.2, 0.25) is 0 Å². The molecule has 1 radical (unpaired) electrons. The molecule has 0 spiro atoms. The molecule has 1 aliphatic heterocycles. The molecule has 2 rings (SSSR count). The predicted octanol–water partition coefficient (Wildman–Crippen LogP) is 2.33. The molecular formula is C12H21N2O. The van der Waals surface area contributed by atoms with Gasteiger partial charge in [0.05, 0.1) is 0 Å². The van der Waals surface area contributed by atoms with E-state index in [2.05, 4.69) is 11.7 Å². The van der Waals surface area contributed by atoms with Gasteiger partial charge in [-0.05, 0) is 32.1 Å². The molecular weight excluding hydrogens is 188 g/mol. The minimum atomic E-state index is 0.162. The van der Waals surface area contributed by atoms with Crippen molar-refractivity contribution in [1.29, 1.82) is 0 Å². The molecule has 0 unspecified atom stereocenters. The van der Waals surface area contributed by atoms with E-state index in [0.29, 0.717) is 6.04 Å². The fourth-order valence-corrected chi connectivity index (χ4v) is 2.47. The van der Waals surface area contributed by atoms with Gasteiger partial charge in [-0.25, -0.2) is 4.79 Å². The summed E-state index contributed by atoms with van der Waals surface area (Å²) in [5.41, 5.74) is 0. The fourth-order valence-electron chi connectivity index (χ4n) is 2.47. The molecule has 0 aromatic rings. The Balaban J connectivity index is 1.74. The largest absolute Gasteiger partial charge is 0.335 e. The first-order valence-corrected chi connectivity index (χ1v) is 6.23. The number of rotatable bonds is 1. The fraction of sp³-hybridized carbons (Fsp3) is 0.833. The Morgan fingerprint density at radius 1 is 1.13 bits per heavy atom. The standard InChI is InChI=1S/C12H21N2O/c15-12(14-9-5-2-6-10-14)13-11-7-3-1-4-8-11/h2,11H,1,3-10H2,(H,13,15). The lowest BCUT2D eigenvalue weighted by atomic mass is 9.96. The van der Waals surface area contributed by atoms with Crippen LogP contribution in [0.4, 0.5) is 4.79 Å². The van der Waals surface area contributed by atoms with E-state index in [0.717, 1.165) is 25.9 Å². The summed E-state index contributed by atoms with van der Waals surface area (Å²) >= 11 is 0. The highest BCUT2D eigenvalue weighted by atomic mass is 16.2. The van der Waals surface area contributed by atoms with Gasteiger partial charge in [0, 0.05) is 19.1 Å². The zero-order valence-corrected chi connectivity index (χ0v) is 9.37. The first kappa shape index (κ1) is 10.8. The van der Waals surface area contributed by atoms with Gasteiger partial charge in [0.1, 0.15) is 0 Å². The summed E-state index contributed by atoms with van der Waals surface area (Å²) in [5.74, 6) is 0. The molecule has 1 saturated heterocycles. The molecule has 2 amide bonds. The van der Waals surface area contributed by atoms with E-state index in [-0.39, 0.29) is 6.03 Å². The van der Waals surface area contributed by atoms with Crippen LogP contribution >= 0.6 is 0 Å². The average Bonchev–Trinajstić information content (AvgIpc) is 2.31. The third kappa shape index (κ3) is 3.11.